The molecule has 0 amide bonds. The van der Waals surface area contributed by atoms with Gasteiger partial charge in [-0.05, 0) is 48.4 Å². The van der Waals surface area contributed by atoms with Crippen LogP contribution < -0.4 is 24.0 Å². The van der Waals surface area contributed by atoms with Crippen molar-refractivity contribution in [1.82, 2.24) is 5.16 Å². The predicted molar refractivity (Wildman–Crippen MR) is 162 cm³/mol. The molecule has 7 heteroatoms. The molecule has 7 nitrogen and oxygen atoms in total. The van der Waals surface area contributed by atoms with Crippen LogP contribution in [-0.2, 0) is 5.72 Å². The molecule has 0 radical (unpaired) electrons. The van der Waals surface area contributed by atoms with E-state index in [4.69, 9.17) is 18.7 Å². The summed E-state index contributed by atoms with van der Waals surface area (Å²) in [6.07, 6.45) is 6.13. The van der Waals surface area contributed by atoms with E-state index in [-0.39, 0.29) is 6.79 Å². The summed E-state index contributed by atoms with van der Waals surface area (Å²) >= 11 is 0. The normalized spacial score (nSPS) is 18.5. The van der Waals surface area contributed by atoms with Crippen molar-refractivity contribution in [2.45, 2.75) is 12.6 Å². The molecule has 42 heavy (non-hydrogen) atoms. The molecule has 8 rings (SSSR count). The lowest BCUT2D eigenvalue weighted by Gasteiger charge is -2.46. The Labute approximate surface area is 243 Å². The van der Waals surface area contributed by atoms with Crippen molar-refractivity contribution in [3.05, 3.63) is 137 Å². The van der Waals surface area contributed by atoms with E-state index in [2.05, 4.69) is 81.8 Å². The smallest absolute Gasteiger partial charge is 0.231 e. The van der Waals surface area contributed by atoms with Crippen LogP contribution in [0.5, 0.6) is 17.2 Å². The predicted octanol–water partition coefficient (Wildman–Crippen LogP) is 7.45. The van der Waals surface area contributed by atoms with Gasteiger partial charge in [0, 0.05) is 11.8 Å². The number of hydrogen-bond acceptors (Lipinski definition) is 7. The molecule has 3 aliphatic rings. The fraction of sp³-hybridized carbons (Fsp3) is 0.114. The number of ether oxygens (including phenoxy) is 3. The van der Waals surface area contributed by atoms with E-state index in [1.165, 1.54) is 0 Å². The first kappa shape index (κ1) is 24.4. The van der Waals surface area contributed by atoms with Crippen molar-refractivity contribution < 1.29 is 18.7 Å². The van der Waals surface area contributed by atoms with Gasteiger partial charge >= 0.3 is 0 Å². The largest absolute Gasteiger partial charge is 0.459 e. The molecule has 1 atom stereocenters. The van der Waals surface area contributed by atoms with E-state index in [1.54, 1.807) is 0 Å². The first-order chi connectivity index (χ1) is 20.7. The van der Waals surface area contributed by atoms with Crippen LogP contribution in [0.25, 0.3) is 17.8 Å². The molecule has 1 unspecified atom stereocenters. The number of benzene rings is 4. The Bertz CT molecular complexity index is 1850. The number of nitrogens with zero attached hydrogens (tertiary/aromatic N) is 3. The van der Waals surface area contributed by atoms with Crippen molar-refractivity contribution in [2.75, 3.05) is 23.1 Å². The number of fused-ring (bicyclic) bond motifs is 4. The third-order valence-electron chi connectivity index (χ3n) is 7.91. The quantitative estimate of drug-likeness (QED) is 0.224. The number of aromatic nitrogens is 1. The second kappa shape index (κ2) is 9.59. The first-order valence-corrected chi connectivity index (χ1v) is 13.9. The number of anilines is 2. The fourth-order valence-electron chi connectivity index (χ4n) is 6.02. The topological polar surface area (TPSA) is 60.2 Å². The molecule has 0 spiro atoms. The molecular weight excluding hydrogens is 526 g/mol. The van der Waals surface area contributed by atoms with Crippen LogP contribution in [0.4, 0.5) is 11.4 Å². The van der Waals surface area contributed by atoms with Gasteiger partial charge < -0.3 is 23.6 Å². The first-order valence-electron chi connectivity index (χ1n) is 13.9. The van der Waals surface area contributed by atoms with E-state index in [0.29, 0.717) is 12.3 Å². The van der Waals surface area contributed by atoms with Gasteiger partial charge in [-0.1, -0.05) is 90.1 Å². The minimum Gasteiger partial charge on any atom is -0.459 e. The minimum atomic E-state index is -0.826. The van der Waals surface area contributed by atoms with Gasteiger partial charge in [-0.2, -0.15) is 0 Å². The monoisotopic (exact) mass is 553 g/mol. The van der Waals surface area contributed by atoms with Gasteiger partial charge in [0.2, 0.25) is 12.5 Å². The Kier molecular flexibility index (Phi) is 5.57. The van der Waals surface area contributed by atoms with Gasteiger partial charge in [-0.15, -0.1) is 0 Å². The lowest BCUT2D eigenvalue weighted by Crippen LogP contribution is -2.56. The Morgan fingerprint density at radius 1 is 0.786 bits per heavy atom. The lowest BCUT2D eigenvalue weighted by molar-refractivity contribution is 0.103. The highest BCUT2D eigenvalue weighted by Crippen LogP contribution is 2.54. The summed E-state index contributed by atoms with van der Waals surface area (Å²) in [4.78, 5) is 4.54. The molecule has 3 aliphatic heterocycles. The Morgan fingerprint density at radius 3 is 2.40 bits per heavy atom. The van der Waals surface area contributed by atoms with Crippen LogP contribution in [0.1, 0.15) is 28.1 Å². The van der Waals surface area contributed by atoms with Crippen molar-refractivity contribution >= 4 is 29.2 Å². The maximum atomic E-state index is 6.96. The summed E-state index contributed by atoms with van der Waals surface area (Å²) in [5, 5.41) is 4.38. The number of aryl methyl sites for hydroxylation is 1. The average molecular weight is 554 g/mol. The molecule has 0 saturated heterocycles. The Hall–Kier alpha value is -5.43. The van der Waals surface area contributed by atoms with E-state index in [1.807, 2.05) is 61.5 Å². The summed E-state index contributed by atoms with van der Waals surface area (Å²) in [6, 6.07) is 34.9. The highest BCUT2D eigenvalue weighted by Gasteiger charge is 2.53. The Balaban J connectivity index is 1.28. The van der Waals surface area contributed by atoms with Crippen molar-refractivity contribution in [2.24, 2.45) is 0 Å². The highest BCUT2D eigenvalue weighted by molar-refractivity contribution is 5.89. The van der Waals surface area contributed by atoms with E-state index < -0.39 is 5.72 Å². The second-order valence-electron chi connectivity index (χ2n) is 10.5. The molecule has 0 bridgehead atoms. The molecular formula is C35H27N3O4. The Morgan fingerprint density at radius 2 is 1.55 bits per heavy atom. The van der Waals surface area contributed by atoms with Crippen LogP contribution in [-0.4, -0.2) is 18.5 Å². The zero-order valence-corrected chi connectivity index (χ0v) is 22.9. The number of para-hydroxylation sites is 2. The highest BCUT2D eigenvalue weighted by atomic mass is 16.7. The standard InChI is InChI=1S/C35H27N3O4/c1-24-34(32(42-36-24)19-17-25-16-18-31-33(20-25)40-23-39-31)37-21-29(26-10-4-2-5-11-26)38-28-14-8-9-15-30(28)41-35(38,22-37)27-12-6-3-7-13-27/h2-21H,22-23H2,1H3/b19-17+. The van der Waals surface area contributed by atoms with E-state index in [9.17, 15) is 0 Å². The summed E-state index contributed by atoms with van der Waals surface area (Å²) in [5.41, 5.74) is 6.00. The lowest BCUT2D eigenvalue weighted by atomic mass is 9.95. The van der Waals surface area contributed by atoms with Gasteiger partial charge in [-0.25, -0.2) is 0 Å². The molecule has 0 aliphatic carbocycles. The van der Waals surface area contributed by atoms with Crippen molar-refractivity contribution in [3.8, 4) is 17.2 Å². The number of rotatable bonds is 5. The minimum absolute atomic E-state index is 0.241. The van der Waals surface area contributed by atoms with Gasteiger partial charge in [0.1, 0.15) is 17.1 Å². The third-order valence-corrected chi connectivity index (χ3v) is 7.91. The molecule has 1 aromatic heterocycles. The summed E-state index contributed by atoms with van der Waals surface area (Å²) in [6.45, 7) is 2.72. The maximum Gasteiger partial charge on any atom is 0.231 e. The maximum absolute atomic E-state index is 6.96. The van der Waals surface area contributed by atoms with Crippen molar-refractivity contribution in [3.63, 3.8) is 0 Å². The molecule has 5 aromatic rings. The fourth-order valence-corrected chi connectivity index (χ4v) is 6.02. The molecule has 0 fully saturated rings. The van der Waals surface area contributed by atoms with Crippen LogP contribution in [0, 0.1) is 6.92 Å². The van der Waals surface area contributed by atoms with E-state index in [0.717, 1.165) is 56.7 Å². The van der Waals surface area contributed by atoms with E-state index >= 15 is 0 Å². The molecule has 4 aromatic carbocycles. The SMILES string of the molecule is Cc1noc(/C=C/c2ccc3c(c2)OCO3)c1N1C=C(c2ccccc2)N2c3ccccc3OC2(c2ccccc2)C1. The average Bonchev–Trinajstić information content (AvgIpc) is 3.75. The molecule has 0 N–H and O–H groups in total. The molecule has 4 heterocycles. The van der Waals surface area contributed by atoms with Crippen LogP contribution in [0.15, 0.2) is 114 Å². The van der Waals surface area contributed by atoms with Gasteiger partial charge in [-0.3, -0.25) is 4.90 Å². The zero-order chi connectivity index (χ0) is 28.1. The third kappa shape index (κ3) is 3.85. The molecule has 0 saturated carbocycles. The summed E-state index contributed by atoms with van der Waals surface area (Å²) < 4.78 is 23.9. The van der Waals surface area contributed by atoms with Crippen LogP contribution in [0.3, 0.4) is 0 Å². The molecule has 206 valence electrons. The summed E-state index contributed by atoms with van der Waals surface area (Å²) in [5.74, 6) is 2.99. The van der Waals surface area contributed by atoms with Crippen LogP contribution >= 0.6 is 0 Å². The van der Waals surface area contributed by atoms with Gasteiger partial charge in [0.05, 0.1) is 17.9 Å². The second-order valence-corrected chi connectivity index (χ2v) is 10.5. The summed E-state index contributed by atoms with van der Waals surface area (Å²) in [7, 11) is 0. The van der Waals surface area contributed by atoms with Gasteiger partial charge in [0.25, 0.3) is 0 Å². The van der Waals surface area contributed by atoms with Crippen molar-refractivity contribution in [1.29, 1.82) is 0 Å². The van der Waals surface area contributed by atoms with Gasteiger partial charge in [0.15, 0.2) is 17.3 Å². The van der Waals surface area contributed by atoms with Crippen LogP contribution in [0.2, 0.25) is 0 Å². The number of hydrogen-bond donors (Lipinski definition) is 0. The zero-order valence-electron chi connectivity index (χ0n) is 22.9.